The van der Waals surface area contributed by atoms with Crippen LogP contribution < -0.4 is 0 Å². The smallest absolute Gasteiger partial charge is 0.416 e. The predicted molar refractivity (Wildman–Crippen MR) is 76.3 cm³/mol. The maximum Gasteiger partial charge on any atom is 0.416 e. The third kappa shape index (κ3) is 6.05. The van der Waals surface area contributed by atoms with Gasteiger partial charge in [-0.2, -0.15) is 0 Å². The average molecular weight is 353 g/mol. The molecule has 0 radical (unpaired) electrons. The van der Waals surface area contributed by atoms with Crippen molar-refractivity contribution in [2.45, 2.75) is 37.0 Å². The van der Waals surface area contributed by atoms with Crippen LogP contribution in [-0.2, 0) is 9.53 Å². The summed E-state index contributed by atoms with van der Waals surface area (Å²) in [6.07, 6.45) is 3.44. The van der Waals surface area contributed by atoms with E-state index in [-0.39, 0.29) is 16.4 Å². The van der Waals surface area contributed by atoms with Crippen LogP contribution in [0.5, 0.6) is 0 Å². The van der Waals surface area contributed by atoms with Crippen molar-refractivity contribution >= 4 is 34.6 Å². The SMILES string of the molecule is C=CCCCN(C(=O)OCC)C(=O)C(I)CC. The molecule has 0 aromatic heterocycles. The fraction of sp³-hybridized carbons (Fsp3) is 0.667. The summed E-state index contributed by atoms with van der Waals surface area (Å²) in [5.74, 6) is -0.171. The Morgan fingerprint density at radius 3 is 2.59 bits per heavy atom. The van der Waals surface area contributed by atoms with E-state index in [2.05, 4.69) is 29.2 Å². The van der Waals surface area contributed by atoms with Crippen molar-refractivity contribution in [2.24, 2.45) is 0 Å². The zero-order chi connectivity index (χ0) is 13.3. The maximum atomic E-state index is 12.0. The van der Waals surface area contributed by atoms with Gasteiger partial charge < -0.3 is 4.74 Å². The van der Waals surface area contributed by atoms with Crippen LogP contribution in [0.25, 0.3) is 0 Å². The fourth-order valence-electron chi connectivity index (χ4n) is 1.23. The zero-order valence-electron chi connectivity index (χ0n) is 10.4. The molecule has 0 bridgehead atoms. The van der Waals surface area contributed by atoms with E-state index in [9.17, 15) is 9.59 Å². The van der Waals surface area contributed by atoms with Gasteiger partial charge in [0.2, 0.25) is 5.91 Å². The number of unbranched alkanes of at least 4 members (excludes halogenated alkanes) is 1. The Kier molecular flexibility index (Phi) is 9.11. The molecule has 17 heavy (non-hydrogen) atoms. The number of hydrogen-bond acceptors (Lipinski definition) is 3. The Labute approximate surface area is 117 Å². The summed E-state index contributed by atoms with van der Waals surface area (Å²) >= 11 is 2.05. The van der Waals surface area contributed by atoms with Crippen molar-refractivity contribution in [3.63, 3.8) is 0 Å². The number of allylic oxidation sites excluding steroid dienone is 1. The number of rotatable bonds is 7. The van der Waals surface area contributed by atoms with E-state index in [0.29, 0.717) is 13.0 Å². The fourth-order valence-corrected chi connectivity index (χ4v) is 1.57. The minimum absolute atomic E-state index is 0.171. The largest absolute Gasteiger partial charge is 0.449 e. The molecule has 0 N–H and O–H groups in total. The molecule has 0 heterocycles. The highest BCUT2D eigenvalue weighted by atomic mass is 127. The molecule has 0 aromatic rings. The number of ether oxygens (including phenoxy) is 1. The molecule has 2 amide bonds. The first-order valence-electron chi connectivity index (χ1n) is 5.81. The molecule has 0 saturated carbocycles. The van der Waals surface area contributed by atoms with E-state index in [4.69, 9.17) is 4.74 Å². The first-order valence-corrected chi connectivity index (χ1v) is 7.06. The molecule has 0 rings (SSSR count). The number of amides is 2. The highest BCUT2D eigenvalue weighted by molar-refractivity contribution is 14.1. The molecular weight excluding hydrogens is 333 g/mol. The molecule has 4 nitrogen and oxygen atoms in total. The predicted octanol–water partition coefficient (Wildman–Crippen LogP) is 3.15. The lowest BCUT2D eigenvalue weighted by Crippen LogP contribution is -2.42. The van der Waals surface area contributed by atoms with E-state index in [0.717, 1.165) is 12.8 Å². The lowest BCUT2D eigenvalue weighted by molar-refractivity contribution is -0.128. The Hall–Kier alpha value is -0.590. The number of hydrogen-bond donors (Lipinski definition) is 0. The average Bonchev–Trinajstić information content (AvgIpc) is 2.33. The summed E-state index contributed by atoms with van der Waals surface area (Å²) in [5, 5.41) is 0. The van der Waals surface area contributed by atoms with Gasteiger partial charge in [-0.3, -0.25) is 4.79 Å². The van der Waals surface area contributed by atoms with Crippen molar-refractivity contribution in [1.82, 2.24) is 4.90 Å². The molecule has 0 aliphatic heterocycles. The third-order valence-electron chi connectivity index (χ3n) is 2.17. The molecule has 98 valence electrons. The number of imide groups is 1. The normalized spacial score (nSPS) is 11.7. The van der Waals surface area contributed by atoms with Crippen LogP contribution in [0.3, 0.4) is 0 Å². The van der Waals surface area contributed by atoms with Crippen LogP contribution in [0.2, 0.25) is 0 Å². The van der Waals surface area contributed by atoms with Gasteiger partial charge in [-0.15, -0.1) is 6.58 Å². The molecule has 0 aliphatic rings. The highest BCUT2D eigenvalue weighted by Gasteiger charge is 2.26. The number of alkyl halides is 1. The second-order valence-corrected chi connectivity index (χ2v) is 5.00. The molecular formula is C12H20INO3. The summed E-state index contributed by atoms with van der Waals surface area (Å²) in [7, 11) is 0. The summed E-state index contributed by atoms with van der Waals surface area (Å²) in [4.78, 5) is 24.8. The van der Waals surface area contributed by atoms with Crippen molar-refractivity contribution < 1.29 is 14.3 Å². The first kappa shape index (κ1) is 16.4. The van der Waals surface area contributed by atoms with Crippen LogP contribution in [0.4, 0.5) is 4.79 Å². The summed E-state index contributed by atoms with van der Waals surface area (Å²) < 4.78 is 4.71. The molecule has 5 heteroatoms. The van der Waals surface area contributed by atoms with Crippen LogP contribution >= 0.6 is 22.6 Å². The van der Waals surface area contributed by atoms with Gasteiger partial charge in [0, 0.05) is 6.54 Å². The number of carbonyl (C=O) groups excluding carboxylic acids is 2. The van der Waals surface area contributed by atoms with E-state index in [1.54, 1.807) is 13.0 Å². The van der Waals surface area contributed by atoms with Crippen LogP contribution in [0.1, 0.15) is 33.1 Å². The van der Waals surface area contributed by atoms with Gasteiger partial charge in [-0.05, 0) is 26.2 Å². The number of nitrogens with zero attached hydrogens (tertiary/aromatic N) is 1. The standard InChI is InChI=1S/C12H20INO3/c1-4-7-8-9-14(12(16)17-6-3)11(15)10(13)5-2/h4,10H,1,5-9H2,2-3H3. The minimum Gasteiger partial charge on any atom is -0.449 e. The van der Waals surface area contributed by atoms with Crippen molar-refractivity contribution in [2.75, 3.05) is 13.2 Å². The van der Waals surface area contributed by atoms with E-state index < -0.39 is 6.09 Å². The maximum absolute atomic E-state index is 12.0. The van der Waals surface area contributed by atoms with Crippen LogP contribution in [0, 0.1) is 0 Å². The van der Waals surface area contributed by atoms with E-state index in [1.807, 2.05) is 6.92 Å². The molecule has 0 fully saturated rings. The third-order valence-corrected chi connectivity index (χ3v) is 3.58. The van der Waals surface area contributed by atoms with Gasteiger partial charge >= 0.3 is 6.09 Å². The topological polar surface area (TPSA) is 46.6 Å². The lowest BCUT2D eigenvalue weighted by atomic mass is 10.2. The first-order chi connectivity index (χ1) is 8.08. The summed E-state index contributed by atoms with van der Waals surface area (Å²) in [5.41, 5.74) is 0. The second kappa shape index (κ2) is 9.44. The van der Waals surface area contributed by atoms with Gasteiger partial charge in [-0.25, -0.2) is 9.69 Å². The van der Waals surface area contributed by atoms with Crippen molar-refractivity contribution in [1.29, 1.82) is 0 Å². The molecule has 0 saturated heterocycles. The summed E-state index contributed by atoms with van der Waals surface area (Å²) in [6.45, 7) is 7.93. The van der Waals surface area contributed by atoms with Crippen LogP contribution in [0.15, 0.2) is 12.7 Å². The number of carbonyl (C=O) groups is 2. The van der Waals surface area contributed by atoms with E-state index in [1.165, 1.54) is 4.90 Å². The van der Waals surface area contributed by atoms with Crippen molar-refractivity contribution in [3.05, 3.63) is 12.7 Å². The Morgan fingerprint density at radius 2 is 2.12 bits per heavy atom. The zero-order valence-corrected chi connectivity index (χ0v) is 12.6. The summed E-state index contributed by atoms with van der Waals surface area (Å²) in [6, 6.07) is 0. The molecule has 0 aliphatic carbocycles. The van der Waals surface area contributed by atoms with Gasteiger partial charge in [0.05, 0.1) is 10.5 Å². The minimum atomic E-state index is -0.545. The molecule has 0 spiro atoms. The Balaban J connectivity index is 4.53. The highest BCUT2D eigenvalue weighted by Crippen LogP contribution is 2.12. The van der Waals surface area contributed by atoms with Gasteiger partial charge in [0.1, 0.15) is 0 Å². The quantitative estimate of drug-likeness (QED) is 0.306. The molecule has 1 atom stereocenters. The molecule has 0 aromatic carbocycles. The van der Waals surface area contributed by atoms with Crippen molar-refractivity contribution in [3.8, 4) is 0 Å². The van der Waals surface area contributed by atoms with Gasteiger partial charge in [0.25, 0.3) is 0 Å². The Morgan fingerprint density at radius 1 is 1.47 bits per heavy atom. The molecule has 1 unspecified atom stereocenters. The monoisotopic (exact) mass is 353 g/mol. The van der Waals surface area contributed by atoms with E-state index >= 15 is 0 Å². The Bertz CT molecular complexity index is 268. The second-order valence-electron chi connectivity index (χ2n) is 3.50. The van der Waals surface area contributed by atoms with Crippen LogP contribution in [-0.4, -0.2) is 34.0 Å². The number of halogens is 1. The van der Waals surface area contributed by atoms with Gasteiger partial charge in [-0.1, -0.05) is 35.6 Å². The van der Waals surface area contributed by atoms with Gasteiger partial charge in [0.15, 0.2) is 0 Å². The lowest BCUT2D eigenvalue weighted by Gasteiger charge is -2.21.